The summed E-state index contributed by atoms with van der Waals surface area (Å²) in [6.07, 6.45) is 9.99. The van der Waals surface area contributed by atoms with E-state index in [2.05, 4.69) is 19.3 Å². The van der Waals surface area contributed by atoms with Crippen LogP contribution in [0.5, 0.6) is 0 Å². The maximum Gasteiger partial charge on any atom is 0.0576 e. The molecule has 2 nitrogen and oxygen atoms in total. The summed E-state index contributed by atoms with van der Waals surface area (Å²) in [7, 11) is 2.12. The smallest absolute Gasteiger partial charge is 0.0576 e. The van der Waals surface area contributed by atoms with Crippen LogP contribution in [0, 0.1) is 11.8 Å². The molecule has 1 aliphatic heterocycles. The zero-order valence-electron chi connectivity index (χ0n) is 10.9. The van der Waals surface area contributed by atoms with Crippen molar-refractivity contribution in [3.63, 3.8) is 0 Å². The van der Waals surface area contributed by atoms with Gasteiger partial charge in [-0.2, -0.15) is 0 Å². The Kier molecular flexibility index (Phi) is 4.66. The summed E-state index contributed by atoms with van der Waals surface area (Å²) in [5.41, 5.74) is 0. The molecule has 4 unspecified atom stereocenters. The first-order valence-corrected chi connectivity index (χ1v) is 7.08. The minimum Gasteiger partial charge on any atom is -0.378 e. The van der Waals surface area contributed by atoms with Crippen molar-refractivity contribution in [1.29, 1.82) is 0 Å². The highest BCUT2D eigenvalue weighted by molar-refractivity contribution is 4.83. The SMILES string of the molecule is CNC1CCC(C)CC1CCC1CCCO1. The monoisotopic (exact) mass is 225 g/mol. The van der Waals surface area contributed by atoms with Gasteiger partial charge in [0.1, 0.15) is 0 Å². The second-order valence-electron chi connectivity index (χ2n) is 5.79. The molecule has 2 fully saturated rings. The molecule has 1 aliphatic carbocycles. The summed E-state index contributed by atoms with van der Waals surface area (Å²) in [6, 6.07) is 0.762. The van der Waals surface area contributed by atoms with Crippen molar-refractivity contribution in [2.75, 3.05) is 13.7 Å². The van der Waals surface area contributed by atoms with Crippen molar-refractivity contribution < 1.29 is 4.74 Å². The molecular weight excluding hydrogens is 198 g/mol. The Morgan fingerprint density at radius 3 is 2.75 bits per heavy atom. The van der Waals surface area contributed by atoms with E-state index in [1.807, 2.05) is 0 Å². The van der Waals surface area contributed by atoms with E-state index < -0.39 is 0 Å². The topological polar surface area (TPSA) is 21.3 Å². The maximum atomic E-state index is 5.72. The normalized spacial score (nSPS) is 40.1. The van der Waals surface area contributed by atoms with E-state index in [1.54, 1.807) is 0 Å². The predicted molar refractivity (Wildman–Crippen MR) is 67.6 cm³/mol. The molecule has 0 aromatic heterocycles. The molecule has 1 saturated carbocycles. The van der Waals surface area contributed by atoms with Crippen molar-refractivity contribution in [1.82, 2.24) is 5.32 Å². The quantitative estimate of drug-likeness (QED) is 0.794. The molecule has 4 atom stereocenters. The zero-order valence-corrected chi connectivity index (χ0v) is 10.9. The summed E-state index contributed by atoms with van der Waals surface area (Å²) in [6.45, 7) is 3.41. The first-order chi connectivity index (χ1) is 7.79. The minimum atomic E-state index is 0.578. The molecule has 2 aliphatic rings. The van der Waals surface area contributed by atoms with Gasteiger partial charge in [0.05, 0.1) is 6.10 Å². The van der Waals surface area contributed by atoms with Crippen LogP contribution in [0.1, 0.15) is 51.9 Å². The Hall–Kier alpha value is -0.0800. The Balaban J connectivity index is 1.76. The molecule has 0 amide bonds. The Bertz CT molecular complexity index is 201. The highest BCUT2D eigenvalue weighted by Crippen LogP contribution is 2.33. The molecule has 2 rings (SSSR count). The van der Waals surface area contributed by atoms with Crippen LogP contribution in [0.25, 0.3) is 0 Å². The molecule has 94 valence electrons. The van der Waals surface area contributed by atoms with Crippen molar-refractivity contribution in [3.8, 4) is 0 Å². The predicted octanol–water partition coefficient (Wildman–Crippen LogP) is 2.97. The molecule has 1 heterocycles. The summed E-state index contributed by atoms with van der Waals surface area (Å²) >= 11 is 0. The van der Waals surface area contributed by atoms with Gasteiger partial charge in [0.15, 0.2) is 0 Å². The lowest BCUT2D eigenvalue weighted by molar-refractivity contribution is 0.0902. The summed E-state index contributed by atoms with van der Waals surface area (Å²) in [4.78, 5) is 0. The molecule has 0 aromatic rings. The van der Waals surface area contributed by atoms with Crippen LogP contribution in [-0.2, 0) is 4.74 Å². The Labute approximate surface area is 100 Å². The van der Waals surface area contributed by atoms with Crippen LogP contribution in [0.4, 0.5) is 0 Å². The van der Waals surface area contributed by atoms with Crippen LogP contribution in [0.15, 0.2) is 0 Å². The van der Waals surface area contributed by atoms with Gasteiger partial charge in [0.25, 0.3) is 0 Å². The molecule has 0 aromatic carbocycles. The van der Waals surface area contributed by atoms with Crippen LogP contribution < -0.4 is 5.32 Å². The van der Waals surface area contributed by atoms with E-state index in [0.29, 0.717) is 6.10 Å². The number of hydrogen-bond acceptors (Lipinski definition) is 2. The van der Waals surface area contributed by atoms with E-state index in [0.717, 1.165) is 24.5 Å². The number of rotatable bonds is 4. The van der Waals surface area contributed by atoms with Gasteiger partial charge in [-0.05, 0) is 63.8 Å². The number of nitrogens with one attached hydrogen (secondary N) is 1. The second kappa shape index (κ2) is 6.02. The van der Waals surface area contributed by atoms with Crippen molar-refractivity contribution in [2.24, 2.45) is 11.8 Å². The van der Waals surface area contributed by atoms with Crippen LogP contribution in [-0.4, -0.2) is 25.8 Å². The summed E-state index contributed by atoms with van der Waals surface area (Å²) < 4.78 is 5.72. The minimum absolute atomic E-state index is 0.578. The molecule has 1 N–H and O–H groups in total. The molecule has 2 heteroatoms. The largest absolute Gasteiger partial charge is 0.378 e. The van der Waals surface area contributed by atoms with E-state index in [4.69, 9.17) is 4.74 Å². The zero-order chi connectivity index (χ0) is 11.4. The number of hydrogen-bond donors (Lipinski definition) is 1. The fraction of sp³-hybridized carbons (Fsp3) is 1.00. The average molecular weight is 225 g/mol. The van der Waals surface area contributed by atoms with Gasteiger partial charge in [-0.25, -0.2) is 0 Å². The molecule has 1 saturated heterocycles. The number of ether oxygens (including phenoxy) is 1. The van der Waals surface area contributed by atoms with Gasteiger partial charge in [0.2, 0.25) is 0 Å². The van der Waals surface area contributed by atoms with Gasteiger partial charge in [-0.1, -0.05) is 6.92 Å². The van der Waals surface area contributed by atoms with Crippen molar-refractivity contribution in [2.45, 2.75) is 64.0 Å². The third kappa shape index (κ3) is 3.21. The van der Waals surface area contributed by atoms with Crippen LogP contribution in [0.2, 0.25) is 0 Å². The van der Waals surface area contributed by atoms with E-state index in [-0.39, 0.29) is 0 Å². The molecule has 16 heavy (non-hydrogen) atoms. The summed E-state index contributed by atoms with van der Waals surface area (Å²) in [5.74, 6) is 1.82. The van der Waals surface area contributed by atoms with E-state index in [9.17, 15) is 0 Å². The van der Waals surface area contributed by atoms with Gasteiger partial charge >= 0.3 is 0 Å². The molecule has 0 radical (unpaired) electrons. The first-order valence-electron chi connectivity index (χ1n) is 7.08. The molecule has 0 spiro atoms. The van der Waals surface area contributed by atoms with Crippen LogP contribution in [0.3, 0.4) is 0 Å². The van der Waals surface area contributed by atoms with Gasteiger partial charge < -0.3 is 10.1 Å². The third-order valence-electron chi connectivity index (χ3n) is 4.50. The van der Waals surface area contributed by atoms with Gasteiger partial charge in [-0.15, -0.1) is 0 Å². The summed E-state index contributed by atoms with van der Waals surface area (Å²) in [5, 5.41) is 3.51. The lowest BCUT2D eigenvalue weighted by atomic mass is 9.76. The highest BCUT2D eigenvalue weighted by atomic mass is 16.5. The third-order valence-corrected chi connectivity index (χ3v) is 4.50. The standard InChI is InChI=1S/C14H27NO/c1-11-5-8-14(15-2)12(10-11)6-7-13-4-3-9-16-13/h11-15H,3-10H2,1-2H3. The molecular formula is C14H27NO. The second-order valence-corrected chi connectivity index (χ2v) is 5.79. The first kappa shape index (κ1) is 12.4. The van der Waals surface area contributed by atoms with Gasteiger partial charge in [0, 0.05) is 12.6 Å². The highest BCUT2D eigenvalue weighted by Gasteiger charge is 2.28. The fourth-order valence-corrected chi connectivity index (χ4v) is 3.47. The van der Waals surface area contributed by atoms with Crippen molar-refractivity contribution in [3.05, 3.63) is 0 Å². The lowest BCUT2D eigenvalue weighted by Gasteiger charge is -2.35. The van der Waals surface area contributed by atoms with E-state index >= 15 is 0 Å². The van der Waals surface area contributed by atoms with Gasteiger partial charge in [-0.3, -0.25) is 0 Å². The van der Waals surface area contributed by atoms with Crippen molar-refractivity contribution >= 4 is 0 Å². The average Bonchev–Trinajstić information content (AvgIpc) is 2.79. The lowest BCUT2D eigenvalue weighted by Crippen LogP contribution is -2.38. The van der Waals surface area contributed by atoms with Crippen LogP contribution >= 0.6 is 0 Å². The van der Waals surface area contributed by atoms with E-state index in [1.165, 1.54) is 44.9 Å². The Morgan fingerprint density at radius 2 is 2.06 bits per heavy atom. The molecule has 0 bridgehead atoms. The fourth-order valence-electron chi connectivity index (χ4n) is 3.47. The maximum absolute atomic E-state index is 5.72. The Morgan fingerprint density at radius 1 is 1.19 bits per heavy atom.